The second-order valence-electron chi connectivity index (χ2n) is 6.54. The standard InChI is InChI=1S/C18H22N2O7S/c1-12-9-20(17(13(2)27-12)18(21)19-22)28(23,24)16-5-3-15(4-6-16)26-11-14-7-8-25-10-14/h3-8,10,12-13,17,22H,9,11H2,1-2H3,(H,19,21)/t12-,13?,17+/m0/s1. The maximum atomic E-state index is 13.1. The van der Waals surface area contributed by atoms with Gasteiger partial charge in [-0.15, -0.1) is 0 Å². The van der Waals surface area contributed by atoms with Crippen LogP contribution in [0.5, 0.6) is 5.75 Å². The molecule has 0 saturated carbocycles. The summed E-state index contributed by atoms with van der Waals surface area (Å²) in [4.78, 5) is 12.1. The van der Waals surface area contributed by atoms with Crippen LogP contribution in [-0.4, -0.2) is 48.6 Å². The molecule has 152 valence electrons. The van der Waals surface area contributed by atoms with Gasteiger partial charge in [0.05, 0.1) is 29.6 Å². The first-order valence-corrected chi connectivity index (χ1v) is 10.1. The summed E-state index contributed by atoms with van der Waals surface area (Å²) in [7, 11) is -4.00. The van der Waals surface area contributed by atoms with Gasteiger partial charge >= 0.3 is 0 Å². The molecule has 2 aromatic rings. The first-order chi connectivity index (χ1) is 13.3. The fourth-order valence-electron chi connectivity index (χ4n) is 3.13. The Balaban J connectivity index is 1.80. The van der Waals surface area contributed by atoms with Gasteiger partial charge in [0.1, 0.15) is 18.4 Å². The topological polar surface area (TPSA) is 118 Å². The summed E-state index contributed by atoms with van der Waals surface area (Å²) < 4.78 is 43.4. The predicted molar refractivity (Wildman–Crippen MR) is 97.1 cm³/mol. The number of hydrogen-bond acceptors (Lipinski definition) is 7. The van der Waals surface area contributed by atoms with Crippen LogP contribution in [0.3, 0.4) is 0 Å². The summed E-state index contributed by atoms with van der Waals surface area (Å²) in [6, 6.07) is 6.51. The molecule has 2 heterocycles. The van der Waals surface area contributed by atoms with Gasteiger partial charge in [-0.3, -0.25) is 10.0 Å². The van der Waals surface area contributed by atoms with E-state index >= 15 is 0 Å². The number of hydrogen-bond donors (Lipinski definition) is 2. The van der Waals surface area contributed by atoms with E-state index in [4.69, 9.17) is 19.1 Å². The first kappa shape index (κ1) is 20.3. The van der Waals surface area contributed by atoms with E-state index in [1.54, 1.807) is 38.3 Å². The molecule has 1 fully saturated rings. The molecule has 0 aliphatic carbocycles. The number of carbonyl (C=O) groups excluding carboxylic acids is 1. The average molecular weight is 410 g/mol. The lowest BCUT2D eigenvalue weighted by Crippen LogP contribution is -2.60. The molecule has 1 aliphatic rings. The van der Waals surface area contributed by atoms with E-state index < -0.39 is 34.2 Å². The number of furan rings is 1. The van der Waals surface area contributed by atoms with Gasteiger partial charge in [0.15, 0.2) is 0 Å². The minimum absolute atomic E-state index is 0.0104. The highest BCUT2D eigenvalue weighted by Crippen LogP contribution is 2.27. The Morgan fingerprint density at radius 1 is 1.29 bits per heavy atom. The summed E-state index contributed by atoms with van der Waals surface area (Å²) in [6.45, 7) is 3.59. The Hall–Kier alpha value is -2.40. The molecule has 1 amide bonds. The van der Waals surface area contributed by atoms with Crippen LogP contribution in [0.2, 0.25) is 0 Å². The number of benzene rings is 1. The second kappa shape index (κ2) is 8.31. The smallest absolute Gasteiger partial charge is 0.264 e. The average Bonchev–Trinajstić information content (AvgIpc) is 3.19. The number of nitrogens with zero attached hydrogens (tertiary/aromatic N) is 1. The summed E-state index contributed by atoms with van der Waals surface area (Å²) >= 11 is 0. The van der Waals surface area contributed by atoms with Gasteiger partial charge in [-0.1, -0.05) is 0 Å². The molecule has 1 aromatic heterocycles. The van der Waals surface area contributed by atoms with Crippen LogP contribution in [0.25, 0.3) is 0 Å². The number of amides is 1. The monoisotopic (exact) mass is 410 g/mol. The Morgan fingerprint density at radius 3 is 2.61 bits per heavy atom. The molecule has 1 aromatic carbocycles. The summed E-state index contributed by atoms with van der Waals surface area (Å²) in [5.41, 5.74) is 2.37. The predicted octanol–water partition coefficient (Wildman–Crippen LogP) is 1.53. The molecule has 1 unspecified atom stereocenters. The van der Waals surface area contributed by atoms with Crippen molar-refractivity contribution < 1.29 is 32.3 Å². The zero-order chi connectivity index (χ0) is 20.3. The Kier molecular flexibility index (Phi) is 6.04. The third-order valence-electron chi connectivity index (χ3n) is 4.43. The zero-order valence-electron chi connectivity index (χ0n) is 15.4. The second-order valence-corrected chi connectivity index (χ2v) is 8.43. The molecule has 10 heteroatoms. The van der Waals surface area contributed by atoms with Crippen molar-refractivity contribution in [1.82, 2.24) is 9.79 Å². The summed E-state index contributed by atoms with van der Waals surface area (Å²) in [6.07, 6.45) is 1.98. The van der Waals surface area contributed by atoms with Crippen LogP contribution in [0, 0.1) is 0 Å². The third-order valence-corrected chi connectivity index (χ3v) is 6.30. The molecule has 28 heavy (non-hydrogen) atoms. The maximum Gasteiger partial charge on any atom is 0.264 e. The lowest BCUT2D eigenvalue weighted by molar-refractivity contribution is -0.146. The van der Waals surface area contributed by atoms with E-state index in [1.165, 1.54) is 23.9 Å². The van der Waals surface area contributed by atoms with E-state index in [0.717, 1.165) is 9.87 Å². The van der Waals surface area contributed by atoms with Crippen molar-refractivity contribution in [3.05, 3.63) is 48.4 Å². The number of rotatable bonds is 6. The lowest BCUT2D eigenvalue weighted by atomic mass is 10.1. The minimum Gasteiger partial charge on any atom is -0.489 e. The van der Waals surface area contributed by atoms with Crippen LogP contribution >= 0.6 is 0 Å². The molecule has 0 bridgehead atoms. The fraction of sp³-hybridized carbons (Fsp3) is 0.389. The highest BCUT2D eigenvalue weighted by atomic mass is 32.2. The van der Waals surface area contributed by atoms with Crippen molar-refractivity contribution in [2.45, 2.75) is 43.6 Å². The van der Waals surface area contributed by atoms with Crippen molar-refractivity contribution in [2.24, 2.45) is 0 Å². The minimum atomic E-state index is -4.00. The third kappa shape index (κ3) is 4.20. The SMILES string of the molecule is CC1O[C@@H](C)CN(S(=O)(=O)c2ccc(OCc3ccoc3)cc2)[C@H]1C(=O)NO. The maximum absolute atomic E-state index is 13.1. The summed E-state index contributed by atoms with van der Waals surface area (Å²) in [5, 5.41) is 9.00. The van der Waals surface area contributed by atoms with Crippen molar-refractivity contribution in [3.8, 4) is 5.75 Å². The van der Waals surface area contributed by atoms with Gasteiger partial charge < -0.3 is 13.9 Å². The normalized spacial score (nSPS) is 23.3. The molecule has 3 atom stereocenters. The molecule has 1 saturated heterocycles. The van der Waals surface area contributed by atoms with Gasteiger partial charge in [0.2, 0.25) is 10.0 Å². The van der Waals surface area contributed by atoms with E-state index in [1.807, 2.05) is 0 Å². The van der Waals surface area contributed by atoms with Gasteiger partial charge in [-0.05, 0) is 44.2 Å². The number of sulfonamides is 1. The highest BCUT2D eigenvalue weighted by Gasteiger charge is 2.44. The molecule has 0 radical (unpaired) electrons. The Morgan fingerprint density at radius 2 is 2.00 bits per heavy atom. The Labute approximate surface area is 162 Å². The molecule has 0 spiro atoms. The number of hydroxylamine groups is 1. The van der Waals surface area contributed by atoms with Crippen LogP contribution in [0.4, 0.5) is 0 Å². The number of morpholine rings is 1. The summed E-state index contributed by atoms with van der Waals surface area (Å²) in [5.74, 6) is -0.350. The molecule has 1 aliphatic heterocycles. The van der Waals surface area contributed by atoms with Gasteiger partial charge in [0, 0.05) is 12.1 Å². The largest absolute Gasteiger partial charge is 0.489 e. The van der Waals surface area contributed by atoms with Gasteiger partial charge in [-0.25, -0.2) is 13.9 Å². The van der Waals surface area contributed by atoms with Crippen molar-refractivity contribution in [1.29, 1.82) is 0 Å². The van der Waals surface area contributed by atoms with Crippen LogP contribution in [-0.2, 0) is 26.2 Å². The van der Waals surface area contributed by atoms with E-state index in [-0.39, 0.29) is 11.4 Å². The first-order valence-electron chi connectivity index (χ1n) is 8.68. The van der Waals surface area contributed by atoms with Crippen LogP contribution in [0.1, 0.15) is 19.4 Å². The molecule has 9 nitrogen and oxygen atoms in total. The number of carbonyl (C=O) groups is 1. The van der Waals surface area contributed by atoms with E-state index in [2.05, 4.69) is 0 Å². The molecular formula is C18H22N2O7S. The van der Waals surface area contributed by atoms with Gasteiger partial charge in [-0.2, -0.15) is 4.31 Å². The van der Waals surface area contributed by atoms with E-state index in [9.17, 15) is 13.2 Å². The highest BCUT2D eigenvalue weighted by molar-refractivity contribution is 7.89. The van der Waals surface area contributed by atoms with Crippen LogP contribution in [0.15, 0.2) is 52.2 Å². The van der Waals surface area contributed by atoms with Crippen molar-refractivity contribution in [2.75, 3.05) is 6.54 Å². The van der Waals surface area contributed by atoms with E-state index in [0.29, 0.717) is 12.4 Å². The molecule has 2 N–H and O–H groups in total. The molecular weight excluding hydrogens is 388 g/mol. The quantitative estimate of drug-likeness (QED) is 0.548. The number of nitrogens with one attached hydrogen (secondary N) is 1. The molecule has 3 rings (SSSR count). The fourth-order valence-corrected chi connectivity index (χ4v) is 4.85. The van der Waals surface area contributed by atoms with Crippen molar-refractivity contribution >= 4 is 15.9 Å². The lowest BCUT2D eigenvalue weighted by Gasteiger charge is -2.40. The Bertz CT molecular complexity index is 897. The van der Waals surface area contributed by atoms with Gasteiger partial charge in [0.25, 0.3) is 5.91 Å². The number of ether oxygens (including phenoxy) is 2. The van der Waals surface area contributed by atoms with Crippen LogP contribution < -0.4 is 10.2 Å². The van der Waals surface area contributed by atoms with Crippen molar-refractivity contribution in [3.63, 3.8) is 0 Å². The zero-order valence-corrected chi connectivity index (χ0v) is 16.3.